The van der Waals surface area contributed by atoms with E-state index in [-0.39, 0.29) is 5.91 Å². The van der Waals surface area contributed by atoms with Gasteiger partial charge in [-0.15, -0.1) is 0 Å². The summed E-state index contributed by atoms with van der Waals surface area (Å²) in [5.74, 6) is 0.694. The number of amides is 1. The molecule has 100 valence electrons. The lowest BCUT2D eigenvalue weighted by atomic mass is 10.4. The minimum absolute atomic E-state index is 0.0188. The predicted molar refractivity (Wildman–Crippen MR) is 70.6 cm³/mol. The minimum atomic E-state index is 0.0188. The first-order chi connectivity index (χ1) is 8.14. The highest BCUT2D eigenvalue weighted by Crippen LogP contribution is 2.07. The smallest absolute Gasteiger partial charge is 0.251 e. The number of carbonyl (C=O) groups is 1. The average molecular weight is 242 g/mol. The zero-order valence-electron chi connectivity index (χ0n) is 11.8. The van der Waals surface area contributed by atoms with Gasteiger partial charge in [0, 0.05) is 26.2 Å². The van der Waals surface area contributed by atoms with Gasteiger partial charge < -0.3 is 14.5 Å². The Hall–Kier alpha value is -1.19. The molecule has 0 atom stereocenters. The van der Waals surface area contributed by atoms with E-state index in [1.54, 1.807) is 11.0 Å². The average Bonchev–Trinajstić information content (AvgIpc) is 2.32. The Bertz CT molecular complexity index is 244. The normalized spacial score (nSPS) is 11.2. The highest BCUT2D eigenvalue weighted by atomic mass is 16.5. The van der Waals surface area contributed by atoms with E-state index in [4.69, 9.17) is 4.74 Å². The Labute approximate surface area is 105 Å². The molecule has 1 amide bonds. The van der Waals surface area contributed by atoms with Crippen molar-refractivity contribution in [2.45, 2.75) is 34.6 Å². The fraction of sp³-hybridized carbons (Fsp3) is 0.769. The third kappa shape index (κ3) is 5.11. The molecule has 0 bridgehead atoms. The molecule has 0 spiro atoms. The third-order valence-electron chi connectivity index (χ3n) is 2.69. The maximum Gasteiger partial charge on any atom is 0.251 e. The minimum Gasteiger partial charge on any atom is -0.479 e. The van der Waals surface area contributed by atoms with Crippen LogP contribution in [-0.2, 0) is 9.53 Å². The molecule has 0 fully saturated rings. The van der Waals surface area contributed by atoms with Crippen LogP contribution in [0.3, 0.4) is 0 Å². The zero-order chi connectivity index (χ0) is 13.3. The fourth-order valence-electron chi connectivity index (χ4n) is 1.64. The summed E-state index contributed by atoms with van der Waals surface area (Å²) in [6, 6.07) is 0. The second kappa shape index (κ2) is 8.90. The molecule has 0 rings (SSSR count). The van der Waals surface area contributed by atoms with Crippen LogP contribution in [0.5, 0.6) is 0 Å². The van der Waals surface area contributed by atoms with E-state index < -0.39 is 0 Å². The van der Waals surface area contributed by atoms with Crippen LogP contribution in [0.1, 0.15) is 34.6 Å². The lowest BCUT2D eigenvalue weighted by molar-refractivity contribution is -0.126. The fourth-order valence-corrected chi connectivity index (χ4v) is 1.64. The molecule has 0 aromatic rings. The topological polar surface area (TPSA) is 32.8 Å². The van der Waals surface area contributed by atoms with Gasteiger partial charge in [-0.2, -0.15) is 0 Å². The summed E-state index contributed by atoms with van der Waals surface area (Å²) in [6.45, 7) is 13.7. The number of likely N-dealkylation sites (N-methyl/N-ethyl adjacent to an activating group) is 1. The van der Waals surface area contributed by atoms with Crippen LogP contribution in [0.4, 0.5) is 0 Å². The number of hydrogen-bond donors (Lipinski definition) is 0. The SMILES string of the molecule is CCO/C(=C/C(=O)N(CC)CC)N(CC)CC. The highest BCUT2D eigenvalue weighted by Gasteiger charge is 2.12. The van der Waals surface area contributed by atoms with Crippen LogP contribution >= 0.6 is 0 Å². The molecule has 0 saturated heterocycles. The Kier molecular flexibility index (Phi) is 8.28. The van der Waals surface area contributed by atoms with Gasteiger partial charge >= 0.3 is 0 Å². The highest BCUT2D eigenvalue weighted by molar-refractivity contribution is 5.87. The maximum atomic E-state index is 12.0. The van der Waals surface area contributed by atoms with Crippen molar-refractivity contribution in [3.05, 3.63) is 12.0 Å². The van der Waals surface area contributed by atoms with Gasteiger partial charge in [-0.05, 0) is 34.6 Å². The molecule has 0 aliphatic carbocycles. The molecule has 0 aromatic heterocycles. The van der Waals surface area contributed by atoms with Gasteiger partial charge in [-0.1, -0.05) is 0 Å². The monoisotopic (exact) mass is 242 g/mol. The Morgan fingerprint density at radius 1 is 0.941 bits per heavy atom. The lowest BCUT2D eigenvalue weighted by Gasteiger charge is -2.25. The molecule has 17 heavy (non-hydrogen) atoms. The first-order valence-corrected chi connectivity index (χ1v) is 6.52. The van der Waals surface area contributed by atoms with Gasteiger partial charge in [0.25, 0.3) is 5.91 Å². The van der Waals surface area contributed by atoms with Crippen molar-refractivity contribution in [1.29, 1.82) is 0 Å². The van der Waals surface area contributed by atoms with E-state index >= 15 is 0 Å². The van der Waals surface area contributed by atoms with E-state index in [1.807, 2.05) is 25.7 Å². The van der Waals surface area contributed by atoms with Gasteiger partial charge in [-0.25, -0.2) is 0 Å². The second-order valence-corrected chi connectivity index (χ2v) is 3.60. The van der Waals surface area contributed by atoms with Gasteiger partial charge in [0.2, 0.25) is 0 Å². The summed E-state index contributed by atoms with van der Waals surface area (Å²) < 4.78 is 5.54. The molecular formula is C13H26N2O2. The van der Waals surface area contributed by atoms with E-state index in [1.165, 1.54) is 0 Å². The Morgan fingerprint density at radius 3 is 1.76 bits per heavy atom. The number of ether oxygens (including phenoxy) is 1. The summed E-state index contributed by atoms with van der Waals surface area (Å²) in [5.41, 5.74) is 0. The molecule has 0 radical (unpaired) electrons. The molecule has 0 aliphatic rings. The Morgan fingerprint density at radius 2 is 1.41 bits per heavy atom. The lowest BCUT2D eigenvalue weighted by Crippen LogP contribution is -2.31. The van der Waals surface area contributed by atoms with Gasteiger partial charge in [0.15, 0.2) is 5.88 Å². The Balaban J connectivity index is 4.83. The van der Waals surface area contributed by atoms with Gasteiger partial charge in [-0.3, -0.25) is 4.79 Å². The van der Waals surface area contributed by atoms with Crippen molar-refractivity contribution in [3.8, 4) is 0 Å². The summed E-state index contributed by atoms with van der Waals surface area (Å²) in [7, 11) is 0. The summed E-state index contributed by atoms with van der Waals surface area (Å²) in [4.78, 5) is 15.8. The first-order valence-electron chi connectivity index (χ1n) is 6.52. The standard InChI is InChI=1S/C13H26N2O2/c1-6-14(7-2)12(16)11-13(17-10-5)15(8-3)9-4/h11H,6-10H2,1-5H3/b13-11+. The second-order valence-electron chi connectivity index (χ2n) is 3.60. The molecule has 0 heterocycles. The first kappa shape index (κ1) is 15.8. The van der Waals surface area contributed by atoms with Crippen LogP contribution < -0.4 is 0 Å². The number of nitrogens with zero attached hydrogens (tertiary/aromatic N) is 2. The van der Waals surface area contributed by atoms with Crippen LogP contribution in [0.25, 0.3) is 0 Å². The van der Waals surface area contributed by atoms with Crippen LogP contribution in [0, 0.1) is 0 Å². The quantitative estimate of drug-likeness (QED) is 0.482. The van der Waals surface area contributed by atoms with E-state index in [2.05, 4.69) is 13.8 Å². The number of hydrogen-bond acceptors (Lipinski definition) is 3. The van der Waals surface area contributed by atoms with Crippen molar-refractivity contribution < 1.29 is 9.53 Å². The maximum absolute atomic E-state index is 12.0. The molecule has 4 nitrogen and oxygen atoms in total. The molecular weight excluding hydrogens is 216 g/mol. The van der Waals surface area contributed by atoms with E-state index in [0.29, 0.717) is 12.5 Å². The molecule has 4 heteroatoms. The van der Waals surface area contributed by atoms with Crippen molar-refractivity contribution in [3.63, 3.8) is 0 Å². The van der Waals surface area contributed by atoms with Crippen molar-refractivity contribution in [2.24, 2.45) is 0 Å². The molecule has 0 N–H and O–H groups in total. The molecule has 0 aliphatic heterocycles. The zero-order valence-corrected chi connectivity index (χ0v) is 11.8. The molecule has 0 unspecified atom stereocenters. The summed E-state index contributed by atoms with van der Waals surface area (Å²) in [5, 5.41) is 0. The summed E-state index contributed by atoms with van der Waals surface area (Å²) in [6.07, 6.45) is 1.60. The van der Waals surface area contributed by atoms with E-state index in [9.17, 15) is 4.79 Å². The van der Waals surface area contributed by atoms with Gasteiger partial charge in [0.05, 0.1) is 12.7 Å². The van der Waals surface area contributed by atoms with Crippen LogP contribution in [-0.4, -0.2) is 48.5 Å². The number of carbonyl (C=O) groups excluding carboxylic acids is 1. The molecule has 0 aromatic carbocycles. The van der Waals surface area contributed by atoms with E-state index in [0.717, 1.165) is 26.2 Å². The third-order valence-corrected chi connectivity index (χ3v) is 2.69. The van der Waals surface area contributed by atoms with Crippen molar-refractivity contribution >= 4 is 5.91 Å². The largest absolute Gasteiger partial charge is 0.479 e. The van der Waals surface area contributed by atoms with Crippen LogP contribution in [0.15, 0.2) is 12.0 Å². The summed E-state index contributed by atoms with van der Waals surface area (Å²) >= 11 is 0. The van der Waals surface area contributed by atoms with Crippen molar-refractivity contribution in [1.82, 2.24) is 9.80 Å². The van der Waals surface area contributed by atoms with Crippen molar-refractivity contribution in [2.75, 3.05) is 32.8 Å². The van der Waals surface area contributed by atoms with Crippen LogP contribution in [0.2, 0.25) is 0 Å². The number of rotatable bonds is 8. The molecule has 0 saturated carbocycles. The predicted octanol–water partition coefficient (Wildman–Crippen LogP) is 2.07. The van der Waals surface area contributed by atoms with Gasteiger partial charge in [0.1, 0.15) is 0 Å².